The van der Waals surface area contributed by atoms with Crippen LogP contribution in [-0.2, 0) is 24.1 Å². The highest BCUT2D eigenvalue weighted by atomic mass is 16.5. The number of carbonyl (C=O) groups is 2. The third kappa shape index (κ3) is 4.12. The van der Waals surface area contributed by atoms with Gasteiger partial charge in [-0.15, -0.1) is 0 Å². The lowest BCUT2D eigenvalue weighted by molar-refractivity contribution is -0.130. The fourth-order valence-corrected chi connectivity index (χ4v) is 3.99. The van der Waals surface area contributed by atoms with E-state index in [1.165, 1.54) is 4.90 Å². The van der Waals surface area contributed by atoms with E-state index in [1.54, 1.807) is 13.8 Å². The first-order valence-corrected chi connectivity index (χ1v) is 10.9. The number of nitrogens with zero attached hydrogens (tertiary/aromatic N) is 4. The molecule has 9 nitrogen and oxygen atoms in total. The zero-order valence-corrected chi connectivity index (χ0v) is 19.3. The molecule has 0 spiro atoms. The number of benzene rings is 1. The Balaban J connectivity index is 1.64. The minimum Gasteiger partial charge on any atom is -0.350 e. The molecule has 9 heteroatoms. The molecule has 3 heterocycles. The number of urea groups is 1. The number of aromatic amines is 1. The van der Waals surface area contributed by atoms with Gasteiger partial charge in [0.1, 0.15) is 11.2 Å². The van der Waals surface area contributed by atoms with Crippen LogP contribution in [0.25, 0.3) is 22.5 Å². The zero-order valence-electron chi connectivity index (χ0n) is 19.3. The van der Waals surface area contributed by atoms with Crippen LogP contribution < -0.4 is 5.32 Å². The molecule has 4 rings (SSSR count). The van der Waals surface area contributed by atoms with E-state index in [0.717, 1.165) is 40.7 Å². The third-order valence-electron chi connectivity index (χ3n) is 5.85. The van der Waals surface area contributed by atoms with E-state index in [-0.39, 0.29) is 11.9 Å². The summed E-state index contributed by atoms with van der Waals surface area (Å²) in [4.78, 5) is 36.0. The molecule has 0 unspecified atom stereocenters. The molecule has 1 fully saturated rings. The Hall–Kier alpha value is -3.20. The first kappa shape index (κ1) is 22.0. The average Bonchev–Trinajstić information content (AvgIpc) is 3.40. The van der Waals surface area contributed by atoms with Crippen LogP contribution in [-0.4, -0.2) is 69.6 Å². The van der Waals surface area contributed by atoms with Crippen LogP contribution >= 0.6 is 0 Å². The topological polar surface area (TPSA) is 107 Å². The Morgan fingerprint density at radius 1 is 1.19 bits per heavy atom. The Bertz CT molecular complexity index is 1160. The van der Waals surface area contributed by atoms with Gasteiger partial charge in [0, 0.05) is 30.4 Å². The van der Waals surface area contributed by atoms with Crippen molar-refractivity contribution in [2.45, 2.75) is 45.6 Å². The Morgan fingerprint density at radius 2 is 1.97 bits per heavy atom. The largest absolute Gasteiger partial charge is 0.350 e. The Morgan fingerprint density at radius 3 is 2.59 bits per heavy atom. The fraction of sp³-hybridized carbons (Fsp3) is 0.478. The number of hydrogen-bond donors (Lipinski definition) is 2. The monoisotopic (exact) mass is 438 g/mol. The van der Waals surface area contributed by atoms with E-state index in [4.69, 9.17) is 4.52 Å². The van der Waals surface area contributed by atoms with Crippen molar-refractivity contribution in [1.82, 2.24) is 30.2 Å². The minimum atomic E-state index is -0.850. The molecule has 0 atom stereocenters. The van der Waals surface area contributed by atoms with Gasteiger partial charge in [-0.25, -0.2) is 4.79 Å². The maximum atomic E-state index is 12.5. The summed E-state index contributed by atoms with van der Waals surface area (Å²) in [5.74, 6) is 0.978. The number of aromatic nitrogens is 3. The molecule has 0 aliphatic carbocycles. The average molecular weight is 439 g/mol. The molecule has 1 saturated heterocycles. The molecular formula is C23H30N6O3. The molecule has 1 aliphatic rings. The molecule has 0 radical (unpaired) electrons. The molecule has 1 aliphatic heterocycles. The maximum absolute atomic E-state index is 12.5. The summed E-state index contributed by atoms with van der Waals surface area (Å²) in [6.45, 7) is 6.65. The number of hydrogen-bond acceptors (Lipinski definition) is 6. The van der Waals surface area contributed by atoms with Crippen molar-refractivity contribution in [3.63, 3.8) is 0 Å². The van der Waals surface area contributed by atoms with Crippen molar-refractivity contribution in [2.24, 2.45) is 0 Å². The number of nitrogens with one attached hydrogen (secondary N) is 2. The van der Waals surface area contributed by atoms with E-state index in [0.29, 0.717) is 31.1 Å². The predicted octanol–water partition coefficient (Wildman–Crippen LogP) is 2.76. The van der Waals surface area contributed by atoms with Gasteiger partial charge in [0.25, 0.3) is 11.8 Å². The van der Waals surface area contributed by atoms with Crippen molar-refractivity contribution < 1.29 is 14.1 Å². The predicted molar refractivity (Wildman–Crippen MR) is 121 cm³/mol. The third-order valence-corrected chi connectivity index (χ3v) is 5.85. The van der Waals surface area contributed by atoms with Crippen LogP contribution in [0.15, 0.2) is 22.7 Å². The van der Waals surface area contributed by atoms with Crippen molar-refractivity contribution in [2.75, 3.05) is 27.2 Å². The molecular weight excluding hydrogens is 408 g/mol. The summed E-state index contributed by atoms with van der Waals surface area (Å²) >= 11 is 0. The van der Waals surface area contributed by atoms with E-state index in [2.05, 4.69) is 31.4 Å². The Kier molecular flexibility index (Phi) is 5.77. The second-order valence-corrected chi connectivity index (χ2v) is 9.04. The fourth-order valence-electron chi connectivity index (χ4n) is 3.99. The van der Waals surface area contributed by atoms with Crippen molar-refractivity contribution in [3.8, 4) is 11.6 Å². The lowest BCUT2D eigenvalue weighted by Gasteiger charge is -2.16. The molecule has 2 N–H and O–H groups in total. The SMILES string of the molecule is CCc1noc(-c2[nH]c3ccc(CCN4C(=O)NC(C)(C)C4=O)cc3c2CCN(C)C)n1. The van der Waals surface area contributed by atoms with Crippen LogP contribution in [0.2, 0.25) is 0 Å². The zero-order chi connectivity index (χ0) is 23.0. The normalized spacial score (nSPS) is 15.9. The van der Waals surface area contributed by atoms with Gasteiger partial charge < -0.3 is 19.7 Å². The van der Waals surface area contributed by atoms with Gasteiger partial charge in [-0.05, 0) is 64.0 Å². The summed E-state index contributed by atoms with van der Waals surface area (Å²) in [6, 6.07) is 5.84. The van der Waals surface area contributed by atoms with Crippen LogP contribution in [0.4, 0.5) is 4.79 Å². The van der Waals surface area contributed by atoms with Crippen molar-refractivity contribution in [1.29, 1.82) is 0 Å². The molecule has 0 saturated carbocycles. The summed E-state index contributed by atoms with van der Waals surface area (Å²) in [5.41, 5.74) is 3.17. The highest BCUT2D eigenvalue weighted by molar-refractivity contribution is 6.06. The number of likely N-dealkylation sites (N-methyl/N-ethyl adjacent to an activating group) is 1. The number of rotatable bonds is 8. The second kappa shape index (κ2) is 8.38. The van der Waals surface area contributed by atoms with Gasteiger partial charge in [0.15, 0.2) is 5.82 Å². The van der Waals surface area contributed by atoms with Gasteiger partial charge in [-0.3, -0.25) is 9.69 Å². The molecule has 1 aromatic carbocycles. The molecule has 3 amide bonds. The molecule has 3 aromatic rings. The smallest absolute Gasteiger partial charge is 0.325 e. The van der Waals surface area contributed by atoms with Crippen LogP contribution in [0.3, 0.4) is 0 Å². The molecule has 32 heavy (non-hydrogen) atoms. The molecule has 0 bridgehead atoms. The summed E-state index contributed by atoms with van der Waals surface area (Å²) in [7, 11) is 4.09. The van der Waals surface area contributed by atoms with Gasteiger partial charge in [0.05, 0.1) is 0 Å². The minimum absolute atomic E-state index is 0.192. The number of fused-ring (bicyclic) bond motifs is 1. The van der Waals surface area contributed by atoms with Crippen LogP contribution in [0.1, 0.15) is 37.7 Å². The summed E-state index contributed by atoms with van der Waals surface area (Å²) in [5, 5.41) is 7.86. The second-order valence-electron chi connectivity index (χ2n) is 9.04. The van der Waals surface area contributed by atoms with Gasteiger partial charge in [0.2, 0.25) is 0 Å². The number of imide groups is 1. The van der Waals surface area contributed by atoms with Gasteiger partial charge in [-0.2, -0.15) is 4.98 Å². The van der Waals surface area contributed by atoms with Crippen LogP contribution in [0.5, 0.6) is 0 Å². The molecule has 2 aromatic heterocycles. The Labute approximate surface area is 187 Å². The number of amides is 3. The summed E-state index contributed by atoms with van der Waals surface area (Å²) < 4.78 is 5.51. The molecule has 170 valence electrons. The van der Waals surface area contributed by atoms with Crippen molar-refractivity contribution >= 4 is 22.8 Å². The lowest BCUT2D eigenvalue weighted by Crippen LogP contribution is -2.40. The number of aryl methyl sites for hydroxylation is 1. The van der Waals surface area contributed by atoms with E-state index in [1.807, 2.05) is 33.2 Å². The van der Waals surface area contributed by atoms with Gasteiger partial charge in [-0.1, -0.05) is 18.1 Å². The first-order chi connectivity index (χ1) is 15.2. The van der Waals surface area contributed by atoms with E-state index in [9.17, 15) is 9.59 Å². The number of carbonyl (C=O) groups excluding carboxylic acids is 2. The number of H-pyrrole nitrogens is 1. The lowest BCUT2D eigenvalue weighted by atomic mass is 10.0. The van der Waals surface area contributed by atoms with E-state index >= 15 is 0 Å². The highest BCUT2D eigenvalue weighted by Gasteiger charge is 2.43. The standard InChI is InChI=1S/C23H30N6O3/c1-6-18-25-20(32-27-18)19-15(10-11-28(4)5)16-13-14(7-8-17(16)24-19)9-12-29-21(30)23(2,3)26-22(29)31/h7-8,13,24H,6,9-12H2,1-5H3,(H,26,31). The van der Waals surface area contributed by atoms with Gasteiger partial charge >= 0.3 is 6.03 Å². The maximum Gasteiger partial charge on any atom is 0.325 e. The van der Waals surface area contributed by atoms with Crippen molar-refractivity contribution in [3.05, 3.63) is 35.2 Å². The summed E-state index contributed by atoms with van der Waals surface area (Å²) in [6.07, 6.45) is 2.11. The quantitative estimate of drug-likeness (QED) is 0.524. The van der Waals surface area contributed by atoms with E-state index < -0.39 is 5.54 Å². The van der Waals surface area contributed by atoms with Crippen LogP contribution in [0, 0.1) is 0 Å². The first-order valence-electron chi connectivity index (χ1n) is 10.9. The highest BCUT2D eigenvalue weighted by Crippen LogP contribution is 2.31.